The van der Waals surface area contributed by atoms with Gasteiger partial charge in [-0.2, -0.15) is 0 Å². The fraction of sp³-hybridized carbons (Fsp3) is 0. The summed E-state index contributed by atoms with van der Waals surface area (Å²) >= 11 is 6.12. The molecule has 0 aliphatic rings. The van der Waals surface area contributed by atoms with Gasteiger partial charge in [-0.3, -0.25) is 0 Å². The topological polar surface area (TPSA) is 18.1 Å². The lowest BCUT2D eigenvalue weighted by Crippen LogP contribution is -1.92. The highest BCUT2D eigenvalue weighted by molar-refractivity contribution is 6.31. The summed E-state index contributed by atoms with van der Waals surface area (Å²) in [5.41, 5.74) is 5.40. The van der Waals surface area contributed by atoms with Crippen molar-refractivity contribution in [1.82, 2.24) is 4.57 Å². The van der Waals surface area contributed by atoms with Crippen LogP contribution in [-0.4, -0.2) is 4.57 Å². The van der Waals surface area contributed by atoms with E-state index < -0.39 is 0 Å². The van der Waals surface area contributed by atoms with Crippen molar-refractivity contribution in [2.24, 2.45) is 0 Å². The summed E-state index contributed by atoms with van der Waals surface area (Å²) in [4.78, 5) is 0. The van der Waals surface area contributed by atoms with E-state index in [4.69, 9.17) is 16.0 Å². The van der Waals surface area contributed by atoms with Crippen LogP contribution in [0.15, 0.2) is 101 Å². The molecule has 0 unspecified atom stereocenters. The van der Waals surface area contributed by atoms with Crippen molar-refractivity contribution in [1.29, 1.82) is 0 Å². The van der Waals surface area contributed by atoms with Crippen LogP contribution >= 0.6 is 11.6 Å². The van der Waals surface area contributed by atoms with E-state index in [2.05, 4.69) is 77.4 Å². The van der Waals surface area contributed by atoms with Gasteiger partial charge in [-0.05, 0) is 54.6 Å². The molecule has 0 saturated carbocycles. The summed E-state index contributed by atoms with van der Waals surface area (Å²) in [6.45, 7) is 0. The van der Waals surface area contributed by atoms with Crippen molar-refractivity contribution in [3.05, 3.63) is 102 Å². The fourth-order valence-electron chi connectivity index (χ4n) is 4.13. The third-order valence-corrected chi connectivity index (χ3v) is 5.69. The van der Waals surface area contributed by atoms with Gasteiger partial charge in [0.25, 0.3) is 0 Å². The number of para-hydroxylation sites is 2. The van der Waals surface area contributed by atoms with Crippen LogP contribution in [-0.2, 0) is 0 Å². The van der Waals surface area contributed by atoms with Gasteiger partial charge in [0.2, 0.25) is 0 Å². The van der Waals surface area contributed by atoms with Crippen LogP contribution in [0.4, 0.5) is 0 Å². The zero-order valence-corrected chi connectivity index (χ0v) is 16.2. The molecule has 0 atom stereocenters. The van der Waals surface area contributed by atoms with Crippen LogP contribution < -0.4 is 0 Å². The number of nitrogens with zero attached hydrogens (tertiary/aromatic N) is 1. The summed E-state index contributed by atoms with van der Waals surface area (Å²) in [6.07, 6.45) is 0. The largest absolute Gasteiger partial charge is 0.456 e. The number of halogens is 1. The van der Waals surface area contributed by atoms with E-state index >= 15 is 0 Å². The van der Waals surface area contributed by atoms with E-state index in [0.29, 0.717) is 5.02 Å². The van der Waals surface area contributed by atoms with Crippen molar-refractivity contribution < 1.29 is 4.42 Å². The summed E-state index contributed by atoms with van der Waals surface area (Å²) in [5.74, 6) is 0.848. The van der Waals surface area contributed by atoms with Crippen LogP contribution in [0.2, 0.25) is 5.02 Å². The van der Waals surface area contributed by atoms with Gasteiger partial charge in [-0.25, -0.2) is 0 Å². The van der Waals surface area contributed by atoms with Crippen LogP contribution in [0.5, 0.6) is 0 Å². The van der Waals surface area contributed by atoms with Gasteiger partial charge >= 0.3 is 0 Å². The third kappa shape index (κ3) is 2.57. The van der Waals surface area contributed by atoms with Gasteiger partial charge < -0.3 is 8.98 Å². The summed E-state index contributed by atoms with van der Waals surface area (Å²) in [7, 11) is 0. The molecule has 0 fully saturated rings. The van der Waals surface area contributed by atoms with E-state index in [1.807, 2.05) is 24.3 Å². The van der Waals surface area contributed by atoms with E-state index in [-0.39, 0.29) is 0 Å². The van der Waals surface area contributed by atoms with Crippen LogP contribution in [0, 0.1) is 0 Å². The molecule has 0 bridgehead atoms. The lowest BCUT2D eigenvalue weighted by Gasteiger charge is -2.07. The zero-order chi connectivity index (χ0) is 19.4. The number of fused-ring (bicyclic) bond motifs is 4. The van der Waals surface area contributed by atoms with Gasteiger partial charge in [0.15, 0.2) is 0 Å². The van der Waals surface area contributed by atoms with Gasteiger partial charge in [-0.1, -0.05) is 48.0 Å². The Morgan fingerprint density at radius 1 is 0.655 bits per heavy atom. The summed E-state index contributed by atoms with van der Waals surface area (Å²) in [6, 6.07) is 33.3. The first-order valence-electron chi connectivity index (χ1n) is 9.56. The molecule has 0 amide bonds. The molecule has 0 aliphatic heterocycles. The molecule has 2 heterocycles. The molecule has 0 radical (unpaired) electrons. The van der Waals surface area contributed by atoms with Gasteiger partial charge in [0.05, 0.1) is 11.0 Å². The Bertz CT molecular complexity index is 1510. The van der Waals surface area contributed by atoms with E-state index in [1.54, 1.807) is 0 Å². The Morgan fingerprint density at radius 3 is 2.34 bits per heavy atom. The van der Waals surface area contributed by atoms with Crippen LogP contribution in [0.3, 0.4) is 0 Å². The van der Waals surface area contributed by atoms with Crippen molar-refractivity contribution in [2.75, 3.05) is 0 Å². The van der Waals surface area contributed by atoms with Crippen molar-refractivity contribution in [3.8, 4) is 17.0 Å². The smallest absolute Gasteiger partial charge is 0.136 e. The molecule has 6 aromatic rings. The second-order valence-electron chi connectivity index (χ2n) is 7.21. The second kappa shape index (κ2) is 6.26. The minimum Gasteiger partial charge on any atom is -0.456 e. The number of benzene rings is 4. The number of aromatic nitrogens is 1. The maximum absolute atomic E-state index is 6.12. The fourth-order valence-corrected chi connectivity index (χ4v) is 4.29. The average molecular weight is 394 g/mol. The van der Waals surface area contributed by atoms with E-state index in [0.717, 1.165) is 28.0 Å². The Balaban J connectivity index is 1.62. The van der Waals surface area contributed by atoms with Crippen molar-refractivity contribution >= 4 is 44.4 Å². The maximum Gasteiger partial charge on any atom is 0.136 e. The molecule has 2 nitrogen and oxygen atoms in total. The second-order valence-corrected chi connectivity index (χ2v) is 7.65. The van der Waals surface area contributed by atoms with E-state index in [9.17, 15) is 0 Å². The standard InChI is InChI=1S/C26H16ClNO/c27-19-12-10-18-15-25(29-26(18)16-19)17-11-13-24-22(14-17)21-8-4-5-9-23(21)28(24)20-6-2-1-3-7-20/h1-16H. The molecule has 0 aliphatic carbocycles. The molecule has 138 valence electrons. The normalized spacial score (nSPS) is 11.6. The average Bonchev–Trinajstić information content (AvgIpc) is 3.32. The van der Waals surface area contributed by atoms with Gasteiger partial charge in [-0.15, -0.1) is 0 Å². The molecule has 4 aromatic carbocycles. The molecule has 2 aromatic heterocycles. The molecule has 29 heavy (non-hydrogen) atoms. The Morgan fingerprint density at radius 2 is 1.45 bits per heavy atom. The van der Waals surface area contributed by atoms with Crippen LogP contribution in [0.25, 0.3) is 49.8 Å². The molecular formula is C26H16ClNO. The monoisotopic (exact) mass is 393 g/mol. The quantitative estimate of drug-likeness (QED) is 0.293. The Labute approximate surface area is 172 Å². The van der Waals surface area contributed by atoms with Crippen molar-refractivity contribution in [3.63, 3.8) is 0 Å². The highest BCUT2D eigenvalue weighted by Gasteiger charge is 2.14. The lowest BCUT2D eigenvalue weighted by atomic mass is 10.1. The number of hydrogen-bond acceptors (Lipinski definition) is 1. The predicted octanol–water partition coefficient (Wildman–Crippen LogP) is 7.85. The van der Waals surface area contributed by atoms with E-state index in [1.165, 1.54) is 21.8 Å². The SMILES string of the molecule is Clc1ccc2cc(-c3ccc4c(c3)c3ccccc3n4-c3ccccc3)oc2c1. The third-order valence-electron chi connectivity index (χ3n) is 5.45. The lowest BCUT2D eigenvalue weighted by molar-refractivity contribution is 0.632. The highest BCUT2D eigenvalue weighted by atomic mass is 35.5. The zero-order valence-electron chi connectivity index (χ0n) is 15.5. The Kier molecular flexibility index (Phi) is 3.56. The first-order chi connectivity index (χ1) is 14.3. The molecule has 0 N–H and O–H groups in total. The Hall–Kier alpha value is -3.49. The van der Waals surface area contributed by atoms with Crippen molar-refractivity contribution in [2.45, 2.75) is 0 Å². The molecular weight excluding hydrogens is 378 g/mol. The number of rotatable bonds is 2. The minimum absolute atomic E-state index is 0.680. The summed E-state index contributed by atoms with van der Waals surface area (Å²) in [5, 5.41) is 4.17. The number of hydrogen-bond donors (Lipinski definition) is 0. The first-order valence-corrected chi connectivity index (χ1v) is 9.94. The first kappa shape index (κ1) is 16.5. The molecule has 6 rings (SSSR count). The van der Waals surface area contributed by atoms with Crippen LogP contribution in [0.1, 0.15) is 0 Å². The maximum atomic E-state index is 6.12. The minimum atomic E-state index is 0.680. The number of furan rings is 1. The highest BCUT2D eigenvalue weighted by Crippen LogP contribution is 2.36. The molecule has 0 saturated heterocycles. The molecule has 0 spiro atoms. The predicted molar refractivity (Wildman–Crippen MR) is 121 cm³/mol. The summed E-state index contributed by atoms with van der Waals surface area (Å²) < 4.78 is 8.41. The van der Waals surface area contributed by atoms with Gasteiger partial charge in [0.1, 0.15) is 11.3 Å². The molecule has 3 heteroatoms. The van der Waals surface area contributed by atoms with Gasteiger partial charge in [0, 0.05) is 38.5 Å².